The fraction of sp³-hybridized carbons (Fsp3) is 0.267. The van der Waals surface area contributed by atoms with Crippen LogP contribution in [0.25, 0.3) is 10.9 Å². The maximum Gasteiger partial charge on any atom is 0.260 e. The number of ether oxygens (including phenoxy) is 3. The van der Waals surface area contributed by atoms with Crippen molar-refractivity contribution < 1.29 is 28.2 Å². The largest absolute Gasteiger partial charge is 0.497 e. The molecule has 12 heteroatoms. The Morgan fingerprint density at radius 1 is 0.976 bits per heavy atom. The van der Waals surface area contributed by atoms with E-state index >= 15 is 0 Å². The Bertz CT molecular complexity index is 1600. The van der Waals surface area contributed by atoms with Crippen molar-refractivity contribution >= 4 is 51.5 Å². The average Bonchev–Trinajstić information content (AvgIpc) is 3.01. The van der Waals surface area contributed by atoms with Gasteiger partial charge in [0, 0.05) is 41.8 Å². The molecule has 0 spiro atoms. The van der Waals surface area contributed by atoms with E-state index in [0.29, 0.717) is 71.3 Å². The van der Waals surface area contributed by atoms with Crippen LogP contribution in [0.2, 0.25) is 5.02 Å². The van der Waals surface area contributed by atoms with E-state index in [1.807, 2.05) is 0 Å². The quantitative estimate of drug-likeness (QED) is 0.264. The minimum absolute atomic E-state index is 0.0236. The summed E-state index contributed by atoms with van der Waals surface area (Å²) < 4.78 is 30.1. The van der Waals surface area contributed by atoms with Gasteiger partial charge in [-0.05, 0) is 61.4 Å². The van der Waals surface area contributed by atoms with Crippen LogP contribution in [0.4, 0.5) is 21.6 Å². The molecule has 1 aromatic heterocycles. The number of nitrogens with zero attached hydrogens (tertiary/aromatic N) is 3. The molecular formula is C30H29ClFN5O5. The van der Waals surface area contributed by atoms with Gasteiger partial charge >= 0.3 is 0 Å². The average molecular weight is 594 g/mol. The third-order valence-corrected chi connectivity index (χ3v) is 7.32. The molecule has 3 aromatic carbocycles. The predicted molar refractivity (Wildman–Crippen MR) is 157 cm³/mol. The number of anilines is 3. The van der Waals surface area contributed by atoms with E-state index < -0.39 is 5.82 Å². The zero-order chi connectivity index (χ0) is 29.6. The lowest BCUT2D eigenvalue weighted by Gasteiger charge is -2.31. The summed E-state index contributed by atoms with van der Waals surface area (Å²) in [5, 5.41) is 6.63. The van der Waals surface area contributed by atoms with Gasteiger partial charge in [-0.3, -0.25) is 9.59 Å². The molecule has 0 aliphatic carbocycles. The van der Waals surface area contributed by atoms with Crippen molar-refractivity contribution in [3.8, 4) is 17.2 Å². The Balaban J connectivity index is 1.21. The summed E-state index contributed by atoms with van der Waals surface area (Å²) >= 11 is 5.92. The van der Waals surface area contributed by atoms with E-state index in [0.717, 1.165) is 0 Å². The van der Waals surface area contributed by atoms with E-state index in [4.69, 9.17) is 25.8 Å². The molecule has 0 atom stereocenters. The fourth-order valence-electron chi connectivity index (χ4n) is 4.69. The van der Waals surface area contributed by atoms with Crippen LogP contribution in [0, 0.1) is 11.7 Å². The Morgan fingerprint density at radius 3 is 2.40 bits per heavy atom. The second-order valence-electron chi connectivity index (χ2n) is 9.66. The number of piperidine rings is 1. The number of carbonyl (C=O) groups is 2. The Labute approximate surface area is 246 Å². The van der Waals surface area contributed by atoms with Gasteiger partial charge in [0.2, 0.25) is 5.91 Å². The van der Waals surface area contributed by atoms with Crippen molar-refractivity contribution in [2.45, 2.75) is 12.8 Å². The molecule has 1 aliphatic rings. The van der Waals surface area contributed by atoms with Gasteiger partial charge in [-0.1, -0.05) is 11.6 Å². The first-order chi connectivity index (χ1) is 20.3. The van der Waals surface area contributed by atoms with Crippen LogP contribution < -0.4 is 24.8 Å². The smallest absolute Gasteiger partial charge is 0.260 e. The summed E-state index contributed by atoms with van der Waals surface area (Å²) in [6.45, 7) is 0.675. The summed E-state index contributed by atoms with van der Waals surface area (Å²) in [4.78, 5) is 36.0. The molecule has 10 nitrogen and oxygen atoms in total. The molecule has 0 unspecified atom stereocenters. The number of amides is 2. The van der Waals surface area contributed by atoms with Crippen LogP contribution in [0.5, 0.6) is 17.2 Å². The number of methoxy groups -OCH3 is 2. The summed E-state index contributed by atoms with van der Waals surface area (Å²) in [5.74, 6) is 0.899. The molecule has 218 valence electrons. The highest BCUT2D eigenvalue weighted by molar-refractivity contribution is 6.31. The molecule has 1 saturated heterocycles. The van der Waals surface area contributed by atoms with Crippen molar-refractivity contribution in [2.24, 2.45) is 5.92 Å². The molecule has 2 amide bonds. The van der Waals surface area contributed by atoms with Crippen LogP contribution in [0.1, 0.15) is 12.8 Å². The highest BCUT2D eigenvalue weighted by Crippen LogP contribution is 2.35. The number of aromatic nitrogens is 2. The van der Waals surface area contributed by atoms with Gasteiger partial charge in [-0.2, -0.15) is 0 Å². The van der Waals surface area contributed by atoms with E-state index in [-0.39, 0.29) is 29.4 Å². The Morgan fingerprint density at radius 2 is 1.71 bits per heavy atom. The summed E-state index contributed by atoms with van der Waals surface area (Å²) in [5.41, 5.74) is 1.81. The zero-order valence-corrected chi connectivity index (χ0v) is 23.8. The molecular weight excluding hydrogens is 565 g/mol. The van der Waals surface area contributed by atoms with Crippen molar-refractivity contribution in [2.75, 3.05) is 44.5 Å². The monoisotopic (exact) mass is 593 g/mol. The lowest BCUT2D eigenvalue weighted by molar-refractivity contribution is -0.136. The maximum atomic E-state index is 13.6. The first kappa shape index (κ1) is 28.9. The molecule has 4 aromatic rings. The molecule has 42 heavy (non-hydrogen) atoms. The van der Waals surface area contributed by atoms with Crippen LogP contribution in [-0.4, -0.2) is 60.6 Å². The van der Waals surface area contributed by atoms with Gasteiger partial charge < -0.3 is 29.7 Å². The SMILES string of the molecule is COc1ccc(NC(=O)C2CCN(C(=O)COc3cc4c(Nc5ccc(F)c(Cl)c5)ncnc4cc3OC)CC2)cc1. The van der Waals surface area contributed by atoms with Crippen molar-refractivity contribution in [1.82, 2.24) is 14.9 Å². The third kappa shape index (κ3) is 6.63. The van der Waals surface area contributed by atoms with Gasteiger partial charge in [-0.25, -0.2) is 14.4 Å². The van der Waals surface area contributed by atoms with E-state index in [1.54, 1.807) is 54.5 Å². The van der Waals surface area contributed by atoms with E-state index in [9.17, 15) is 14.0 Å². The predicted octanol–water partition coefficient (Wildman–Crippen LogP) is 5.44. The van der Waals surface area contributed by atoms with Crippen molar-refractivity contribution in [3.63, 3.8) is 0 Å². The van der Waals surface area contributed by atoms with E-state index in [1.165, 1.54) is 25.6 Å². The summed E-state index contributed by atoms with van der Waals surface area (Å²) in [6, 6.07) is 14.8. The second kappa shape index (κ2) is 12.9. The lowest BCUT2D eigenvalue weighted by atomic mass is 9.95. The second-order valence-corrected chi connectivity index (χ2v) is 10.1. The molecule has 0 radical (unpaired) electrons. The number of halogens is 2. The van der Waals surface area contributed by atoms with E-state index in [2.05, 4.69) is 20.6 Å². The Kier molecular flexibility index (Phi) is 8.87. The van der Waals surface area contributed by atoms with Crippen molar-refractivity contribution in [3.05, 3.63) is 71.8 Å². The minimum atomic E-state index is -0.527. The molecule has 1 fully saturated rings. The standard InChI is InChI=1S/C30H29ClFN5O5/c1-40-21-6-3-19(4-7-21)36-30(39)18-9-11-37(12-10-18)28(38)16-42-27-14-22-25(15-26(27)41-2)33-17-34-29(22)35-20-5-8-24(32)23(31)13-20/h3-8,13-15,17-18H,9-12,16H2,1-2H3,(H,36,39)(H,33,34,35). The number of nitrogens with one attached hydrogen (secondary N) is 2. The normalized spacial score (nSPS) is 13.5. The van der Waals surface area contributed by atoms with Gasteiger partial charge in [-0.15, -0.1) is 0 Å². The van der Waals surface area contributed by atoms with Gasteiger partial charge in [0.25, 0.3) is 5.91 Å². The first-order valence-electron chi connectivity index (χ1n) is 13.2. The molecule has 2 N–H and O–H groups in total. The molecule has 0 saturated carbocycles. The minimum Gasteiger partial charge on any atom is -0.497 e. The molecule has 2 heterocycles. The number of hydrogen-bond acceptors (Lipinski definition) is 8. The number of fused-ring (bicyclic) bond motifs is 1. The summed E-state index contributed by atoms with van der Waals surface area (Å²) in [6.07, 6.45) is 2.49. The highest BCUT2D eigenvalue weighted by Gasteiger charge is 2.28. The van der Waals surface area contributed by atoms with Crippen LogP contribution in [-0.2, 0) is 9.59 Å². The molecule has 1 aliphatic heterocycles. The molecule has 5 rings (SSSR count). The van der Waals surface area contributed by atoms with Gasteiger partial charge in [0.05, 0.1) is 24.8 Å². The highest BCUT2D eigenvalue weighted by atomic mass is 35.5. The number of rotatable bonds is 9. The summed E-state index contributed by atoms with van der Waals surface area (Å²) in [7, 11) is 3.09. The maximum absolute atomic E-state index is 13.6. The number of hydrogen-bond donors (Lipinski definition) is 2. The lowest BCUT2D eigenvalue weighted by Crippen LogP contribution is -2.43. The van der Waals surface area contributed by atoms with Crippen molar-refractivity contribution in [1.29, 1.82) is 0 Å². The van der Waals surface area contributed by atoms with Gasteiger partial charge in [0.1, 0.15) is 23.7 Å². The zero-order valence-electron chi connectivity index (χ0n) is 23.0. The number of likely N-dealkylation sites (tertiary alicyclic amines) is 1. The third-order valence-electron chi connectivity index (χ3n) is 7.03. The number of carbonyl (C=O) groups excluding carboxylic acids is 2. The molecule has 0 bridgehead atoms. The van der Waals surface area contributed by atoms with Crippen LogP contribution in [0.15, 0.2) is 60.9 Å². The van der Waals surface area contributed by atoms with Crippen LogP contribution in [0.3, 0.4) is 0 Å². The topological polar surface area (TPSA) is 115 Å². The first-order valence-corrected chi connectivity index (χ1v) is 13.6. The van der Waals surface area contributed by atoms with Crippen LogP contribution >= 0.6 is 11.6 Å². The Hall–Kier alpha value is -4.64. The number of benzene rings is 3. The fourth-order valence-corrected chi connectivity index (χ4v) is 4.87. The van der Waals surface area contributed by atoms with Gasteiger partial charge in [0.15, 0.2) is 18.1 Å².